The van der Waals surface area contributed by atoms with Gasteiger partial charge in [0.1, 0.15) is 5.25 Å². The van der Waals surface area contributed by atoms with Gasteiger partial charge in [0.25, 0.3) is 0 Å². The molecular weight excluding hydrogens is 346 g/mol. The van der Waals surface area contributed by atoms with Crippen LogP contribution in [0.1, 0.15) is 35.0 Å². The maximum atomic E-state index is 12.0. The summed E-state index contributed by atoms with van der Waals surface area (Å²) < 4.78 is 5.05. The molecule has 0 bridgehead atoms. The highest BCUT2D eigenvalue weighted by Crippen LogP contribution is 2.52. The van der Waals surface area contributed by atoms with Crippen molar-refractivity contribution < 1.29 is 14.5 Å². The second-order valence-corrected chi connectivity index (χ2v) is 7.65. The summed E-state index contributed by atoms with van der Waals surface area (Å²) in [6.07, 6.45) is 0.0267. The summed E-state index contributed by atoms with van der Waals surface area (Å²) >= 11 is 3.03. The number of benzene rings is 1. The lowest BCUT2D eigenvalue weighted by Gasteiger charge is -2.32. The van der Waals surface area contributed by atoms with Gasteiger partial charge < -0.3 is 4.74 Å². The standard InChI is InChI=1S/C17H17NO4S2/c1-2-22-15(19)10-12-11-6-3-4-7-13(11)24-17(16(12)18(20)21)14-8-5-9-23-14/h3-9,12,16-17H,2,10H2,1H3/t12-,16-,17+/m0/s1. The van der Waals surface area contributed by atoms with E-state index in [1.807, 2.05) is 41.8 Å². The maximum Gasteiger partial charge on any atom is 0.306 e. The minimum atomic E-state index is -0.854. The number of ether oxygens (including phenoxy) is 1. The number of thioether (sulfide) groups is 1. The fourth-order valence-electron chi connectivity index (χ4n) is 3.06. The van der Waals surface area contributed by atoms with Crippen molar-refractivity contribution in [1.82, 2.24) is 0 Å². The van der Waals surface area contributed by atoms with Gasteiger partial charge in [-0.05, 0) is 30.0 Å². The van der Waals surface area contributed by atoms with Crippen molar-refractivity contribution in [2.75, 3.05) is 6.61 Å². The van der Waals surface area contributed by atoms with Crippen LogP contribution >= 0.6 is 23.1 Å². The van der Waals surface area contributed by atoms with Gasteiger partial charge in [0, 0.05) is 14.7 Å². The van der Waals surface area contributed by atoms with Crippen LogP contribution in [0.5, 0.6) is 0 Å². The fraction of sp³-hybridized carbons (Fsp3) is 0.353. The number of hydrogen-bond donors (Lipinski definition) is 0. The highest BCUT2D eigenvalue weighted by atomic mass is 32.2. The first-order valence-corrected chi connectivity index (χ1v) is 9.45. The van der Waals surface area contributed by atoms with Crippen LogP contribution in [0.4, 0.5) is 0 Å². The highest BCUT2D eigenvalue weighted by molar-refractivity contribution is 7.99. The summed E-state index contributed by atoms with van der Waals surface area (Å²) in [5.74, 6) is -0.871. The largest absolute Gasteiger partial charge is 0.466 e. The Balaban J connectivity index is 2.03. The number of nitro groups is 1. The van der Waals surface area contributed by atoms with Crippen LogP contribution in [-0.4, -0.2) is 23.5 Å². The predicted molar refractivity (Wildman–Crippen MR) is 94.1 cm³/mol. The molecule has 0 saturated carbocycles. The molecular formula is C17H17NO4S2. The quantitative estimate of drug-likeness (QED) is 0.450. The smallest absolute Gasteiger partial charge is 0.306 e. The first-order chi connectivity index (χ1) is 11.6. The number of fused-ring (bicyclic) bond motifs is 1. The molecule has 0 saturated heterocycles. The van der Waals surface area contributed by atoms with Gasteiger partial charge in [-0.15, -0.1) is 23.1 Å². The van der Waals surface area contributed by atoms with E-state index in [2.05, 4.69) is 0 Å². The molecule has 0 fully saturated rings. The number of hydrogen-bond acceptors (Lipinski definition) is 6. The number of rotatable bonds is 5. The number of carbonyl (C=O) groups excluding carboxylic acids is 1. The van der Waals surface area contributed by atoms with Crippen LogP contribution < -0.4 is 0 Å². The number of nitrogens with zero attached hydrogens (tertiary/aromatic N) is 1. The molecule has 0 amide bonds. The van der Waals surface area contributed by atoms with E-state index in [4.69, 9.17) is 4.74 Å². The van der Waals surface area contributed by atoms with E-state index in [-0.39, 0.29) is 29.2 Å². The third-order valence-corrected chi connectivity index (χ3v) is 6.57. The van der Waals surface area contributed by atoms with E-state index in [1.54, 1.807) is 6.92 Å². The molecule has 1 aliphatic heterocycles. The van der Waals surface area contributed by atoms with Crippen molar-refractivity contribution in [3.05, 3.63) is 62.3 Å². The predicted octanol–water partition coefficient (Wildman–Crippen LogP) is 4.28. The number of esters is 1. The molecule has 3 atom stereocenters. The van der Waals surface area contributed by atoms with Gasteiger partial charge in [-0.3, -0.25) is 14.9 Å². The van der Waals surface area contributed by atoms with Crippen LogP contribution in [0.2, 0.25) is 0 Å². The Kier molecular flexibility index (Phi) is 5.20. The summed E-state index contributed by atoms with van der Waals surface area (Å²) in [4.78, 5) is 25.6. The molecule has 0 spiro atoms. The Morgan fingerprint density at radius 3 is 2.75 bits per heavy atom. The van der Waals surface area contributed by atoms with Crippen LogP contribution in [0.15, 0.2) is 46.7 Å². The van der Waals surface area contributed by atoms with E-state index >= 15 is 0 Å². The number of thiophene rings is 1. The minimum absolute atomic E-state index is 0.0267. The number of carbonyl (C=O) groups is 1. The van der Waals surface area contributed by atoms with Crippen LogP contribution in [0.3, 0.4) is 0 Å². The minimum Gasteiger partial charge on any atom is -0.466 e. The highest BCUT2D eigenvalue weighted by Gasteiger charge is 2.47. The Hall–Kier alpha value is -1.86. The Morgan fingerprint density at radius 2 is 2.08 bits per heavy atom. The lowest BCUT2D eigenvalue weighted by molar-refractivity contribution is -0.527. The molecule has 1 aromatic carbocycles. The average Bonchev–Trinajstić information content (AvgIpc) is 3.08. The molecule has 126 valence electrons. The lowest BCUT2D eigenvalue weighted by Crippen LogP contribution is -2.36. The van der Waals surface area contributed by atoms with Crippen molar-refractivity contribution in [3.8, 4) is 0 Å². The van der Waals surface area contributed by atoms with E-state index in [0.29, 0.717) is 0 Å². The molecule has 1 aliphatic rings. The summed E-state index contributed by atoms with van der Waals surface area (Å²) in [7, 11) is 0. The van der Waals surface area contributed by atoms with Crippen LogP contribution in [-0.2, 0) is 9.53 Å². The van der Waals surface area contributed by atoms with Gasteiger partial charge in [-0.25, -0.2) is 0 Å². The molecule has 1 aromatic heterocycles. The average molecular weight is 363 g/mol. The molecule has 2 heterocycles. The topological polar surface area (TPSA) is 69.4 Å². The fourth-order valence-corrected chi connectivity index (χ4v) is 5.53. The molecule has 0 N–H and O–H groups in total. The van der Waals surface area contributed by atoms with E-state index in [0.717, 1.165) is 15.3 Å². The monoisotopic (exact) mass is 363 g/mol. The van der Waals surface area contributed by atoms with Gasteiger partial charge in [0.15, 0.2) is 0 Å². The van der Waals surface area contributed by atoms with Crippen molar-refractivity contribution in [2.45, 2.75) is 35.4 Å². The van der Waals surface area contributed by atoms with Gasteiger partial charge in [0.2, 0.25) is 6.04 Å². The van der Waals surface area contributed by atoms with E-state index in [1.165, 1.54) is 23.1 Å². The zero-order chi connectivity index (χ0) is 17.1. The summed E-state index contributed by atoms with van der Waals surface area (Å²) in [6.45, 7) is 2.02. The Bertz CT molecular complexity index is 732. The molecule has 7 heteroatoms. The second-order valence-electron chi connectivity index (χ2n) is 5.48. The molecule has 5 nitrogen and oxygen atoms in total. The molecule has 2 aromatic rings. The SMILES string of the molecule is CCOC(=O)C[C@H]1c2ccccc2S[C@H](c2cccs2)[C@H]1[N+](=O)[O-]. The summed E-state index contributed by atoms with van der Waals surface area (Å²) in [5.41, 5.74) is 0.866. The van der Waals surface area contributed by atoms with Crippen LogP contribution in [0, 0.1) is 10.1 Å². The molecule has 3 rings (SSSR count). The van der Waals surface area contributed by atoms with E-state index < -0.39 is 12.0 Å². The van der Waals surface area contributed by atoms with Crippen LogP contribution in [0.25, 0.3) is 0 Å². The van der Waals surface area contributed by atoms with Gasteiger partial charge in [0.05, 0.1) is 18.9 Å². The second kappa shape index (κ2) is 7.36. The van der Waals surface area contributed by atoms with E-state index in [9.17, 15) is 14.9 Å². The third kappa shape index (κ3) is 3.32. The van der Waals surface area contributed by atoms with Crippen molar-refractivity contribution in [3.63, 3.8) is 0 Å². The van der Waals surface area contributed by atoms with Crippen molar-refractivity contribution in [2.24, 2.45) is 0 Å². The van der Waals surface area contributed by atoms with Crippen molar-refractivity contribution >= 4 is 29.1 Å². The van der Waals surface area contributed by atoms with Gasteiger partial charge in [-0.1, -0.05) is 24.3 Å². The Morgan fingerprint density at radius 1 is 1.29 bits per heavy atom. The van der Waals surface area contributed by atoms with Gasteiger partial charge >= 0.3 is 5.97 Å². The summed E-state index contributed by atoms with van der Waals surface area (Å²) in [6, 6.07) is 10.6. The third-order valence-electron chi connectivity index (χ3n) is 4.05. The van der Waals surface area contributed by atoms with Crippen molar-refractivity contribution in [1.29, 1.82) is 0 Å². The lowest BCUT2D eigenvalue weighted by atomic mass is 9.86. The zero-order valence-corrected chi connectivity index (χ0v) is 14.7. The normalized spacial score (nSPS) is 22.6. The Labute approximate surface area is 148 Å². The molecule has 24 heavy (non-hydrogen) atoms. The first kappa shape index (κ1) is 17.0. The molecule has 0 aliphatic carbocycles. The maximum absolute atomic E-state index is 12.0. The van der Waals surface area contributed by atoms with Gasteiger partial charge in [-0.2, -0.15) is 0 Å². The molecule has 0 unspecified atom stereocenters. The summed E-state index contributed by atoms with van der Waals surface area (Å²) in [5, 5.41) is 13.5. The molecule has 0 radical (unpaired) electrons. The zero-order valence-electron chi connectivity index (χ0n) is 13.1. The first-order valence-electron chi connectivity index (χ1n) is 7.70.